The zero-order valence-corrected chi connectivity index (χ0v) is 9.96. The molecule has 5 heteroatoms. The summed E-state index contributed by atoms with van der Waals surface area (Å²) in [6, 6.07) is 5.08. The smallest absolute Gasteiger partial charge is 0.162 e. The van der Waals surface area contributed by atoms with E-state index >= 15 is 0 Å². The minimum Gasteiger partial charge on any atom is -0.294 e. The van der Waals surface area contributed by atoms with Crippen LogP contribution in [0.25, 0.3) is 5.69 Å². The highest BCUT2D eigenvalue weighted by molar-refractivity contribution is 6.34. The molecule has 1 heterocycles. The van der Waals surface area contributed by atoms with Crippen molar-refractivity contribution in [3.63, 3.8) is 0 Å². The Labute approximate surface area is 103 Å². The molecule has 1 aromatic carbocycles. The zero-order valence-electron chi connectivity index (χ0n) is 8.45. The van der Waals surface area contributed by atoms with Gasteiger partial charge in [0.05, 0.1) is 22.5 Å². The van der Waals surface area contributed by atoms with Crippen LogP contribution in [0.1, 0.15) is 17.3 Å². The fraction of sp³-hybridized carbons (Fsp3) is 0.0909. The number of ketones is 1. The number of hydrogen-bond acceptors (Lipinski definition) is 2. The molecule has 0 saturated carbocycles. The lowest BCUT2D eigenvalue weighted by Gasteiger charge is -2.03. The van der Waals surface area contributed by atoms with Crippen molar-refractivity contribution >= 4 is 29.0 Å². The third kappa shape index (κ3) is 2.10. The lowest BCUT2D eigenvalue weighted by Crippen LogP contribution is -1.95. The molecular weight excluding hydrogens is 247 g/mol. The first-order valence-corrected chi connectivity index (χ1v) is 5.34. The summed E-state index contributed by atoms with van der Waals surface area (Å²) >= 11 is 11.9. The highest BCUT2D eigenvalue weighted by atomic mass is 35.5. The molecule has 0 spiro atoms. The first-order chi connectivity index (χ1) is 7.58. The van der Waals surface area contributed by atoms with Crippen LogP contribution in [0.5, 0.6) is 0 Å². The van der Waals surface area contributed by atoms with Crippen LogP contribution in [0.3, 0.4) is 0 Å². The molecule has 0 bridgehead atoms. The minimum absolute atomic E-state index is 0.0376. The van der Waals surface area contributed by atoms with Crippen molar-refractivity contribution in [1.29, 1.82) is 0 Å². The monoisotopic (exact) mass is 254 g/mol. The lowest BCUT2D eigenvalue weighted by molar-refractivity contribution is 0.101. The van der Waals surface area contributed by atoms with Gasteiger partial charge >= 0.3 is 0 Å². The molecule has 2 aromatic rings. The van der Waals surface area contributed by atoms with Crippen LogP contribution < -0.4 is 0 Å². The zero-order chi connectivity index (χ0) is 11.7. The van der Waals surface area contributed by atoms with E-state index in [1.54, 1.807) is 24.4 Å². The highest BCUT2D eigenvalue weighted by Crippen LogP contribution is 2.23. The van der Waals surface area contributed by atoms with Gasteiger partial charge < -0.3 is 0 Å². The molecule has 0 radical (unpaired) electrons. The fourth-order valence-corrected chi connectivity index (χ4v) is 1.67. The number of Topliss-reactive ketones (excluding diaryl/α,β-unsaturated/α-hetero) is 1. The summed E-state index contributed by atoms with van der Waals surface area (Å²) in [5, 5.41) is 5.16. The van der Waals surface area contributed by atoms with Crippen molar-refractivity contribution in [2.45, 2.75) is 6.92 Å². The Morgan fingerprint density at radius 3 is 2.75 bits per heavy atom. The number of aromatic nitrogens is 2. The van der Waals surface area contributed by atoms with E-state index in [9.17, 15) is 4.79 Å². The Morgan fingerprint density at radius 2 is 2.12 bits per heavy atom. The fourth-order valence-electron chi connectivity index (χ4n) is 1.30. The van der Waals surface area contributed by atoms with Crippen LogP contribution in [0.4, 0.5) is 0 Å². The van der Waals surface area contributed by atoms with E-state index in [-0.39, 0.29) is 5.78 Å². The molecule has 0 aliphatic rings. The SMILES string of the molecule is CC(=O)c1cnn(-c2cc(Cl)ccc2Cl)c1. The molecule has 0 N–H and O–H groups in total. The summed E-state index contributed by atoms with van der Waals surface area (Å²) in [5.74, 6) is -0.0376. The van der Waals surface area contributed by atoms with Crippen LogP contribution in [0.15, 0.2) is 30.6 Å². The third-order valence-electron chi connectivity index (χ3n) is 2.14. The number of hydrogen-bond donors (Lipinski definition) is 0. The van der Waals surface area contributed by atoms with Crippen molar-refractivity contribution in [2.24, 2.45) is 0 Å². The van der Waals surface area contributed by atoms with Gasteiger partial charge in [-0.3, -0.25) is 4.79 Å². The van der Waals surface area contributed by atoms with E-state index in [1.807, 2.05) is 0 Å². The maximum atomic E-state index is 11.1. The molecule has 82 valence electrons. The third-order valence-corrected chi connectivity index (χ3v) is 2.70. The number of halogens is 2. The number of nitrogens with zero attached hydrogens (tertiary/aromatic N) is 2. The molecule has 0 unspecified atom stereocenters. The van der Waals surface area contributed by atoms with Crippen molar-refractivity contribution < 1.29 is 4.79 Å². The second kappa shape index (κ2) is 4.28. The van der Waals surface area contributed by atoms with E-state index in [4.69, 9.17) is 23.2 Å². The largest absolute Gasteiger partial charge is 0.294 e. The highest BCUT2D eigenvalue weighted by Gasteiger charge is 2.08. The Balaban J connectivity index is 2.50. The van der Waals surface area contributed by atoms with Crippen LogP contribution in [0.2, 0.25) is 10.0 Å². The molecule has 0 aliphatic heterocycles. The number of carbonyl (C=O) groups excluding carboxylic acids is 1. The molecule has 2 rings (SSSR count). The van der Waals surface area contributed by atoms with Crippen molar-refractivity contribution in [1.82, 2.24) is 9.78 Å². The first kappa shape index (κ1) is 11.2. The normalized spacial score (nSPS) is 10.4. The van der Waals surface area contributed by atoms with Gasteiger partial charge in [-0.25, -0.2) is 4.68 Å². The molecule has 0 aliphatic carbocycles. The number of carbonyl (C=O) groups is 1. The maximum Gasteiger partial charge on any atom is 0.162 e. The summed E-state index contributed by atoms with van der Waals surface area (Å²) in [7, 11) is 0. The second-order valence-electron chi connectivity index (χ2n) is 3.33. The Morgan fingerprint density at radius 1 is 1.38 bits per heavy atom. The Hall–Kier alpha value is -1.32. The molecular formula is C11H8Cl2N2O. The van der Waals surface area contributed by atoms with E-state index < -0.39 is 0 Å². The quantitative estimate of drug-likeness (QED) is 0.771. The molecule has 0 amide bonds. The van der Waals surface area contributed by atoms with E-state index in [0.717, 1.165) is 0 Å². The molecule has 0 saturated heterocycles. The van der Waals surface area contributed by atoms with Crippen LogP contribution in [0, 0.1) is 0 Å². The number of benzene rings is 1. The van der Waals surface area contributed by atoms with E-state index in [2.05, 4.69) is 5.10 Å². The predicted octanol–water partition coefficient (Wildman–Crippen LogP) is 3.38. The molecule has 3 nitrogen and oxygen atoms in total. The van der Waals surface area contributed by atoms with Crippen LogP contribution in [-0.2, 0) is 0 Å². The Kier molecular flexibility index (Phi) is 2.99. The van der Waals surface area contributed by atoms with Gasteiger partial charge in [-0.05, 0) is 25.1 Å². The summed E-state index contributed by atoms with van der Waals surface area (Å²) in [6.45, 7) is 1.49. The summed E-state index contributed by atoms with van der Waals surface area (Å²) in [5.41, 5.74) is 1.19. The topological polar surface area (TPSA) is 34.9 Å². The van der Waals surface area contributed by atoms with Gasteiger partial charge in [-0.1, -0.05) is 23.2 Å². The molecule has 0 fully saturated rings. The lowest BCUT2D eigenvalue weighted by atomic mass is 10.2. The van der Waals surface area contributed by atoms with Crippen molar-refractivity contribution in [3.8, 4) is 5.69 Å². The van der Waals surface area contributed by atoms with Gasteiger partial charge in [0, 0.05) is 11.2 Å². The Bertz CT molecular complexity index is 549. The first-order valence-electron chi connectivity index (χ1n) is 4.59. The molecule has 16 heavy (non-hydrogen) atoms. The summed E-state index contributed by atoms with van der Waals surface area (Å²) < 4.78 is 1.53. The van der Waals surface area contributed by atoms with Crippen molar-refractivity contribution in [3.05, 3.63) is 46.2 Å². The summed E-state index contributed by atoms with van der Waals surface area (Å²) in [4.78, 5) is 11.1. The summed E-state index contributed by atoms with van der Waals surface area (Å²) in [6.07, 6.45) is 3.12. The molecule has 1 aromatic heterocycles. The predicted molar refractivity (Wildman–Crippen MR) is 63.6 cm³/mol. The van der Waals surface area contributed by atoms with Gasteiger partial charge in [0.1, 0.15) is 0 Å². The average Bonchev–Trinajstić information content (AvgIpc) is 2.70. The average molecular weight is 255 g/mol. The minimum atomic E-state index is -0.0376. The van der Waals surface area contributed by atoms with E-state index in [0.29, 0.717) is 21.3 Å². The van der Waals surface area contributed by atoms with Gasteiger partial charge in [-0.15, -0.1) is 0 Å². The molecule has 0 atom stereocenters. The van der Waals surface area contributed by atoms with Gasteiger partial charge in [0.15, 0.2) is 5.78 Å². The van der Waals surface area contributed by atoms with Crippen LogP contribution in [-0.4, -0.2) is 15.6 Å². The maximum absolute atomic E-state index is 11.1. The van der Waals surface area contributed by atoms with Gasteiger partial charge in [0.2, 0.25) is 0 Å². The number of rotatable bonds is 2. The van der Waals surface area contributed by atoms with E-state index in [1.165, 1.54) is 17.8 Å². The van der Waals surface area contributed by atoms with Gasteiger partial charge in [0.25, 0.3) is 0 Å². The van der Waals surface area contributed by atoms with Gasteiger partial charge in [-0.2, -0.15) is 5.10 Å². The van der Waals surface area contributed by atoms with Crippen molar-refractivity contribution in [2.75, 3.05) is 0 Å². The standard InChI is InChI=1S/C11H8Cl2N2O/c1-7(16)8-5-14-15(6-8)11-4-9(12)2-3-10(11)13/h2-6H,1H3. The second-order valence-corrected chi connectivity index (χ2v) is 4.17. The van der Waals surface area contributed by atoms with Crippen LogP contribution >= 0.6 is 23.2 Å².